The van der Waals surface area contributed by atoms with E-state index in [0.29, 0.717) is 0 Å². The standard InChI is InChI=1S/C11H16N2O/c1-2-3-7-13-11(14)9-10-6-4-5-8-12-10/h4-6,8-9,12H,2-3,7H2,1H3,(H,13,14). The van der Waals surface area contributed by atoms with E-state index in [4.69, 9.17) is 0 Å². The van der Waals surface area contributed by atoms with Crippen LogP contribution in [0.3, 0.4) is 0 Å². The van der Waals surface area contributed by atoms with Crippen LogP contribution >= 0.6 is 0 Å². The predicted molar refractivity (Wildman–Crippen MR) is 57.4 cm³/mol. The molecule has 0 bridgehead atoms. The number of dihydropyridines is 1. The normalized spacial score (nSPS) is 16.8. The minimum Gasteiger partial charge on any atom is -0.362 e. The molecule has 0 fully saturated rings. The lowest BCUT2D eigenvalue weighted by Gasteiger charge is -2.05. The molecule has 3 heteroatoms. The fourth-order valence-electron chi connectivity index (χ4n) is 1.08. The predicted octanol–water partition coefficient (Wildman–Crippen LogP) is 1.46. The van der Waals surface area contributed by atoms with Crippen LogP contribution < -0.4 is 10.6 Å². The lowest BCUT2D eigenvalue weighted by atomic mass is 10.3. The molecular weight excluding hydrogens is 176 g/mol. The Kier molecular flexibility index (Phi) is 4.55. The number of unbranched alkanes of at least 4 members (excludes halogenated alkanes) is 1. The van der Waals surface area contributed by atoms with Gasteiger partial charge in [-0.1, -0.05) is 19.4 Å². The highest BCUT2D eigenvalue weighted by Crippen LogP contribution is 1.97. The van der Waals surface area contributed by atoms with Crippen LogP contribution in [-0.4, -0.2) is 12.5 Å². The van der Waals surface area contributed by atoms with E-state index in [1.54, 1.807) is 12.3 Å². The van der Waals surface area contributed by atoms with E-state index in [1.165, 1.54) is 0 Å². The molecule has 0 aromatic rings. The van der Waals surface area contributed by atoms with Crippen molar-refractivity contribution in [3.8, 4) is 0 Å². The van der Waals surface area contributed by atoms with E-state index in [-0.39, 0.29) is 5.91 Å². The summed E-state index contributed by atoms with van der Waals surface area (Å²) < 4.78 is 0. The van der Waals surface area contributed by atoms with Crippen LogP contribution in [0, 0.1) is 0 Å². The summed E-state index contributed by atoms with van der Waals surface area (Å²) in [5.41, 5.74) is 0.821. The smallest absolute Gasteiger partial charge is 0.246 e. The maximum absolute atomic E-state index is 11.3. The van der Waals surface area contributed by atoms with Gasteiger partial charge in [-0.05, 0) is 18.6 Å². The van der Waals surface area contributed by atoms with Crippen molar-refractivity contribution in [1.82, 2.24) is 10.6 Å². The Morgan fingerprint density at radius 3 is 3.07 bits per heavy atom. The van der Waals surface area contributed by atoms with Gasteiger partial charge in [-0.25, -0.2) is 0 Å². The van der Waals surface area contributed by atoms with Crippen LogP contribution in [0.1, 0.15) is 19.8 Å². The van der Waals surface area contributed by atoms with Gasteiger partial charge in [0.05, 0.1) is 0 Å². The minimum atomic E-state index is -0.0408. The van der Waals surface area contributed by atoms with Gasteiger partial charge in [0.25, 0.3) is 0 Å². The molecule has 1 aliphatic rings. The van der Waals surface area contributed by atoms with Gasteiger partial charge in [-0.3, -0.25) is 4.79 Å². The first-order valence-corrected chi connectivity index (χ1v) is 4.92. The summed E-state index contributed by atoms with van der Waals surface area (Å²) in [7, 11) is 0. The number of rotatable bonds is 4. The molecule has 1 amide bonds. The third-order valence-electron chi connectivity index (χ3n) is 1.85. The molecule has 3 nitrogen and oxygen atoms in total. The molecule has 0 aromatic heterocycles. The molecule has 76 valence electrons. The van der Waals surface area contributed by atoms with Crippen molar-refractivity contribution in [3.63, 3.8) is 0 Å². The van der Waals surface area contributed by atoms with Crippen molar-refractivity contribution < 1.29 is 4.79 Å². The third-order valence-corrected chi connectivity index (χ3v) is 1.85. The zero-order chi connectivity index (χ0) is 10.2. The Morgan fingerprint density at radius 2 is 2.43 bits per heavy atom. The van der Waals surface area contributed by atoms with Crippen molar-refractivity contribution in [2.24, 2.45) is 0 Å². The molecule has 1 rings (SSSR count). The second-order valence-corrected chi connectivity index (χ2v) is 3.11. The van der Waals surface area contributed by atoms with Crippen LogP contribution in [0.25, 0.3) is 0 Å². The second-order valence-electron chi connectivity index (χ2n) is 3.11. The van der Waals surface area contributed by atoms with E-state index in [1.807, 2.05) is 18.2 Å². The highest BCUT2D eigenvalue weighted by atomic mass is 16.1. The maximum atomic E-state index is 11.3. The number of carbonyl (C=O) groups is 1. The molecule has 0 saturated carbocycles. The number of allylic oxidation sites excluding steroid dienone is 3. The van der Waals surface area contributed by atoms with E-state index in [9.17, 15) is 4.79 Å². The Bertz CT molecular complexity index is 277. The molecule has 0 spiro atoms. The summed E-state index contributed by atoms with van der Waals surface area (Å²) in [6.45, 7) is 2.85. The number of amides is 1. The number of carbonyl (C=O) groups excluding carboxylic acids is 1. The number of nitrogens with one attached hydrogen (secondary N) is 2. The van der Waals surface area contributed by atoms with Gasteiger partial charge in [0.2, 0.25) is 5.91 Å². The summed E-state index contributed by atoms with van der Waals surface area (Å²) >= 11 is 0. The van der Waals surface area contributed by atoms with Crippen LogP contribution in [0.15, 0.2) is 36.2 Å². The molecule has 1 heterocycles. The zero-order valence-electron chi connectivity index (χ0n) is 8.42. The lowest BCUT2D eigenvalue weighted by Crippen LogP contribution is -2.23. The van der Waals surface area contributed by atoms with Gasteiger partial charge in [-0.2, -0.15) is 0 Å². The highest BCUT2D eigenvalue weighted by molar-refractivity contribution is 5.88. The quantitative estimate of drug-likeness (QED) is 0.523. The largest absolute Gasteiger partial charge is 0.362 e. The Balaban J connectivity index is 2.31. The highest BCUT2D eigenvalue weighted by Gasteiger charge is 1.98. The first kappa shape index (κ1) is 10.6. The van der Waals surface area contributed by atoms with Gasteiger partial charge < -0.3 is 10.6 Å². The van der Waals surface area contributed by atoms with Crippen molar-refractivity contribution in [3.05, 3.63) is 36.2 Å². The summed E-state index contributed by atoms with van der Waals surface area (Å²) in [6, 6.07) is 0. The molecule has 0 unspecified atom stereocenters. The summed E-state index contributed by atoms with van der Waals surface area (Å²) in [5, 5.41) is 5.79. The van der Waals surface area contributed by atoms with E-state index < -0.39 is 0 Å². The van der Waals surface area contributed by atoms with Crippen molar-refractivity contribution in [1.29, 1.82) is 0 Å². The molecule has 0 radical (unpaired) electrons. The Labute approximate surface area is 84.6 Å². The third kappa shape index (κ3) is 3.94. The van der Waals surface area contributed by atoms with E-state index in [0.717, 1.165) is 25.1 Å². The number of hydrogen-bond acceptors (Lipinski definition) is 2. The summed E-state index contributed by atoms with van der Waals surface area (Å²) in [4.78, 5) is 11.3. The fourth-order valence-corrected chi connectivity index (χ4v) is 1.08. The lowest BCUT2D eigenvalue weighted by molar-refractivity contribution is -0.116. The Morgan fingerprint density at radius 1 is 1.57 bits per heavy atom. The van der Waals surface area contributed by atoms with Gasteiger partial charge in [0.1, 0.15) is 0 Å². The van der Waals surface area contributed by atoms with Crippen molar-refractivity contribution >= 4 is 5.91 Å². The van der Waals surface area contributed by atoms with E-state index in [2.05, 4.69) is 17.6 Å². The molecule has 0 saturated heterocycles. The van der Waals surface area contributed by atoms with Crippen LogP contribution in [0.4, 0.5) is 0 Å². The summed E-state index contributed by atoms with van der Waals surface area (Å²) in [6.07, 6.45) is 11.1. The fraction of sp³-hybridized carbons (Fsp3) is 0.364. The van der Waals surface area contributed by atoms with Gasteiger partial charge in [0.15, 0.2) is 0 Å². The average Bonchev–Trinajstić information content (AvgIpc) is 2.20. The SMILES string of the molecule is CCCCNC(=O)C=C1C=CC=CN1. The topological polar surface area (TPSA) is 41.1 Å². The van der Waals surface area contributed by atoms with Gasteiger partial charge in [0, 0.05) is 24.5 Å². The molecule has 2 N–H and O–H groups in total. The van der Waals surface area contributed by atoms with Gasteiger partial charge in [-0.15, -0.1) is 0 Å². The van der Waals surface area contributed by atoms with Crippen LogP contribution in [-0.2, 0) is 4.79 Å². The average molecular weight is 192 g/mol. The van der Waals surface area contributed by atoms with Crippen LogP contribution in [0.2, 0.25) is 0 Å². The zero-order valence-corrected chi connectivity index (χ0v) is 8.42. The molecule has 0 atom stereocenters. The molecule has 1 aliphatic heterocycles. The first-order chi connectivity index (χ1) is 6.83. The molecule has 0 aromatic carbocycles. The molecule has 14 heavy (non-hydrogen) atoms. The molecule has 0 aliphatic carbocycles. The van der Waals surface area contributed by atoms with Crippen LogP contribution in [0.5, 0.6) is 0 Å². The maximum Gasteiger partial charge on any atom is 0.246 e. The van der Waals surface area contributed by atoms with Crippen molar-refractivity contribution in [2.45, 2.75) is 19.8 Å². The Hall–Kier alpha value is -1.51. The van der Waals surface area contributed by atoms with E-state index >= 15 is 0 Å². The monoisotopic (exact) mass is 192 g/mol. The van der Waals surface area contributed by atoms with Gasteiger partial charge >= 0.3 is 0 Å². The summed E-state index contributed by atoms with van der Waals surface area (Å²) in [5.74, 6) is -0.0408. The minimum absolute atomic E-state index is 0.0408. The second kappa shape index (κ2) is 6.02. The molecular formula is C11H16N2O. The number of hydrogen-bond donors (Lipinski definition) is 2. The van der Waals surface area contributed by atoms with Crippen molar-refractivity contribution in [2.75, 3.05) is 6.54 Å². The first-order valence-electron chi connectivity index (χ1n) is 4.92.